The molecule has 0 spiro atoms. The monoisotopic (exact) mass is 280 g/mol. The predicted molar refractivity (Wildman–Crippen MR) is 76.5 cm³/mol. The molecule has 1 amide bonds. The lowest BCUT2D eigenvalue weighted by Gasteiger charge is -2.19. The van der Waals surface area contributed by atoms with Crippen LogP contribution in [0, 0.1) is 5.82 Å². The maximum absolute atomic E-state index is 14.1. The Labute approximate surface area is 118 Å². The molecule has 5 heteroatoms. The number of carbonyl (C=O) groups excluding carboxylic acids is 1. The zero-order valence-corrected chi connectivity index (χ0v) is 11.7. The van der Waals surface area contributed by atoms with E-state index in [4.69, 9.17) is 5.11 Å². The van der Waals surface area contributed by atoms with Crippen molar-refractivity contribution in [2.45, 2.75) is 32.2 Å². The van der Waals surface area contributed by atoms with E-state index in [2.05, 4.69) is 5.32 Å². The molecule has 2 N–H and O–H groups in total. The minimum absolute atomic E-state index is 0.0176. The molecular weight excluding hydrogens is 259 g/mol. The number of carbonyl (C=O) groups is 1. The Kier molecular flexibility index (Phi) is 4.95. The summed E-state index contributed by atoms with van der Waals surface area (Å²) in [6, 6.07) is 4.48. The summed E-state index contributed by atoms with van der Waals surface area (Å²) < 4.78 is 14.1. The highest BCUT2D eigenvalue weighted by atomic mass is 19.1. The van der Waals surface area contributed by atoms with Crippen LogP contribution in [0.25, 0.3) is 0 Å². The van der Waals surface area contributed by atoms with Gasteiger partial charge in [-0.05, 0) is 44.4 Å². The lowest BCUT2D eigenvalue weighted by atomic mass is 10.1. The van der Waals surface area contributed by atoms with Crippen LogP contribution in [0.2, 0.25) is 0 Å². The van der Waals surface area contributed by atoms with Gasteiger partial charge >= 0.3 is 0 Å². The van der Waals surface area contributed by atoms with Crippen LogP contribution < -0.4 is 10.2 Å². The summed E-state index contributed by atoms with van der Waals surface area (Å²) in [6.07, 6.45) is 2.65. The van der Waals surface area contributed by atoms with Crippen molar-refractivity contribution in [2.24, 2.45) is 0 Å². The zero-order chi connectivity index (χ0) is 14.5. The van der Waals surface area contributed by atoms with Gasteiger partial charge in [0.1, 0.15) is 5.82 Å². The Morgan fingerprint density at radius 3 is 2.75 bits per heavy atom. The third-order valence-electron chi connectivity index (χ3n) is 3.60. The van der Waals surface area contributed by atoms with E-state index < -0.39 is 0 Å². The van der Waals surface area contributed by atoms with E-state index in [0.717, 1.165) is 25.9 Å². The van der Waals surface area contributed by atoms with Crippen LogP contribution in [0.3, 0.4) is 0 Å². The molecule has 1 atom stereocenters. The van der Waals surface area contributed by atoms with Gasteiger partial charge in [-0.3, -0.25) is 4.79 Å². The van der Waals surface area contributed by atoms with Gasteiger partial charge in [0.15, 0.2) is 0 Å². The lowest BCUT2D eigenvalue weighted by Crippen LogP contribution is -2.33. The van der Waals surface area contributed by atoms with Crippen LogP contribution in [0.4, 0.5) is 10.1 Å². The normalized spacial score (nSPS) is 16.2. The average molecular weight is 280 g/mol. The Balaban J connectivity index is 2.06. The summed E-state index contributed by atoms with van der Waals surface area (Å²) in [5.74, 6) is -0.660. The number of rotatable bonds is 5. The number of halogens is 1. The average Bonchev–Trinajstić information content (AvgIpc) is 2.92. The number of nitrogens with zero attached hydrogens (tertiary/aromatic N) is 1. The minimum Gasteiger partial charge on any atom is -0.396 e. The van der Waals surface area contributed by atoms with Crippen LogP contribution in [0.15, 0.2) is 18.2 Å². The first kappa shape index (κ1) is 14.8. The van der Waals surface area contributed by atoms with Crippen LogP contribution in [0.1, 0.15) is 36.5 Å². The van der Waals surface area contributed by atoms with Gasteiger partial charge in [-0.25, -0.2) is 4.39 Å². The highest BCUT2D eigenvalue weighted by Gasteiger charge is 2.18. The van der Waals surface area contributed by atoms with Gasteiger partial charge < -0.3 is 15.3 Å². The molecule has 1 aliphatic heterocycles. The van der Waals surface area contributed by atoms with E-state index >= 15 is 0 Å². The molecule has 1 aliphatic rings. The van der Waals surface area contributed by atoms with Gasteiger partial charge in [-0.1, -0.05) is 0 Å². The SMILES string of the molecule is CC(CCO)NC(=O)c1ccc(N2CCCC2)c(F)c1. The molecule has 0 saturated carbocycles. The van der Waals surface area contributed by atoms with E-state index in [1.165, 1.54) is 6.07 Å². The standard InChI is InChI=1S/C15H21FN2O2/c1-11(6-9-19)17-15(20)12-4-5-14(13(16)10-12)18-7-2-3-8-18/h4-5,10-11,19H,2-3,6-9H2,1H3,(H,17,20). The quantitative estimate of drug-likeness (QED) is 0.866. The second kappa shape index (κ2) is 6.70. The summed E-state index contributed by atoms with van der Waals surface area (Å²) in [6.45, 7) is 3.57. The van der Waals surface area contributed by atoms with Gasteiger partial charge in [-0.2, -0.15) is 0 Å². The largest absolute Gasteiger partial charge is 0.396 e. The number of benzene rings is 1. The Hall–Kier alpha value is -1.62. The molecule has 0 aromatic heterocycles. The molecule has 1 heterocycles. The second-order valence-electron chi connectivity index (χ2n) is 5.25. The summed E-state index contributed by atoms with van der Waals surface area (Å²) >= 11 is 0. The van der Waals surface area contributed by atoms with Crippen molar-refractivity contribution in [2.75, 3.05) is 24.6 Å². The van der Waals surface area contributed by atoms with Gasteiger partial charge in [-0.15, -0.1) is 0 Å². The van der Waals surface area contributed by atoms with Crippen molar-refractivity contribution in [3.8, 4) is 0 Å². The van der Waals surface area contributed by atoms with Crippen molar-refractivity contribution in [3.63, 3.8) is 0 Å². The van der Waals surface area contributed by atoms with Gasteiger partial charge in [0.2, 0.25) is 0 Å². The first-order valence-electron chi connectivity index (χ1n) is 7.08. The molecule has 110 valence electrons. The highest BCUT2D eigenvalue weighted by Crippen LogP contribution is 2.24. The lowest BCUT2D eigenvalue weighted by molar-refractivity contribution is 0.0934. The molecule has 20 heavy (non-hydrogen) atoms. The topological polar surface area (TPSA) is 52.6 Å². The van der Waals surface area contributed by atoms with Crippen molar-refractivity contribution in [1.29, 1.82) is 0 Å². The first-order chi connectivity index (χ1) is 9.61. The third kappa shape index (κ3) is 3.48. The fourth-order valence-corrected chi connectivity index (χ4v) is 2.44. The number of nitrogens with one attached hydrogen (secondary N) is 1. The van der Waals surface area contributed by atoms with Crippen molar-refractivity contribution >= 4 is 11.6 Å². The molecule has 0 radical (unpaired) electrons. The number of hydrogen-bond acceptors (Lipinski definition) is 3. The van der Waals surface area contributed by atoms with Crippen molar-refractivity contribution < 1.29 is 14.3 Å². The predicted octanol–water partition coefficient (Wildman–Crippen LogP) is 1.93. The van der Waals surface area contributed by atoms with E-state index in [0.29, 0.717) is 17.7 Å². The molecule has 0 aliphatic carbocycles. The summed E-state index contributed by atoms with van der Waals surface area (Å²) in [4.78, 5) is 13.9. The fourth-order valence-electron chi connectivity index (χ4n) is 2.44. The van der Waals surface area contributed by atoms with Gasteiger partial charge in [0, 0.05) is 31.3 Å². The Bertz CT molecular complexity index is 473. The number of aliphatic hydroxyl groups excluding tert-OH is 1. The number of amides is 1. The van der Waals surface area contributed by atoms with Gasteiger partial charge in [0.05, 0.1) is 5.69 Å². The summed E-state index contributed by atoms with van der Waals surface area (Å²) in [5, 5.41) is 11.5. The fraction of sp³-hybridized carbons (Fsp3) is 0.533. The van der Waals surface area contributed by atoms with Crippen LogP contribution in [-0.2, 0) is 0 Å². The third-order valence-corrected chi connectivity index (χ3v) is 3.60. The van der Waals surface area contributed by atoms with E-state index in [9.17, 15) is 9.18 Å². The highest BCUT2D eigenvalue weighted by molar-refractivity contribution is 5.94. The summed E-state index contributed by atoms with van der Waals surface area (Å²) in [5.41, 5.74) is 0.887. The molecule has 2 rings (SSSR count). The molecule has 1 saturated heterocycles. The van der Waals surface area contributed by atoms with Crippen LogP contribution >= 0.6 is 0 Å². The van der Waals surface area contributed by atoms with E-state index in [1.54, 1.807) is 12.1 Å². The second-order valence-corrected chi connectivity index (χ2v) is 5.25. The van der Waals surface area contributed by atoms with Crippen LogP contribution in [0.5, 0.6) is 0 Å². The molecule has 4 nitrogen and oxygen atoms in total. The molecular formula is C15H21FN2O2. The minimum atomic E-state index is -0.352. The molecule has 1 aromatic rings. The maximum Gasteiger partial charge on any atom is 0.251 e. The van der Waals surface area contributed by atoms with E-state index in [1.807, 2.05) is 11.8 Å². The first-order valence-corrected chi connectivity index (χ1v) is 7.08. The summed E-state index contributed by atoms with van der Waals surface area (Å²) in [7, 11) is 0. The molecule has 1 aromatic carbocycles. The Morgan fingerprint density at radius 2 is 2.15 bits per heavy atom. The smallest absolute Gasteiger partial charge is 0.251 e. The number of anilines is 1. The molecule has 1 unspecified atom stereocenters. The Morgan fingerprint density at radius 1 is 1.45 bits per heavy atom. The van der Waals surface area contributed by atoms with E-state index in [-0.39, 0.29) is 24.4 Å². The molecule has 0 bridgehead atoms. The molecule has 1 fully saturated rings. The van der Waals surface area contributed by atoms with Crippen molar-refractivity contribution in [1.82, 2.24) is 5.32 Å². The number of hydrogen-bond donors (Lipinski definition) is 2. The number of aliphatic hydroxyl groups is 1. The van der Waals surface area contributed by atoms with Gasteiger partial charge in [0.25, 0.3) is 5.91 Å². The zero-order valence-electron chi connectivity index (χ0n) is 11.7. The van der Waals surface area contributed by atoms with Crippen LogP contribution in [-0.4, -0.2) is 36.8 Å². The maximum atomic E-state index is 14.1. The van der Waals surface area contributed by atoms with Crippen molar-refractivity contribution in [3.05, 3.63) is 29.6 Å².